The third-order valence-electron chi connectivity index (χ3n) is 16.6. The summed E-state index contributed by atoms with van der Waals surface area (Å²) in [5, 5.41) is 82.3. The molecule has 0 aromatic rings. The lowest BCUT2D eigenvalue weighted by Gasteiger charge is -2.33. The highest BCUT2D eigenvalue weighted by Gasteiger charge is 2.45. The summed E-state index contributed by atoms with van der Waals surface area (Å²) in [6.45, 7) is 7.80. The number of carboxylic acid groups (broad SMARTS) is 4. The van der Waals surface area contributed by atoms with Gasteiger partial charge in [-0.3, -0.25) is 81.5 Å². The van der Waals surface area contributed by atoms with Crippen LogP contribution in [0.3, 0.4) is 0 Å². The maximum atomic E-state index is 14.4. The highest BCUT2D eigenvalue weighted by atomic mass is 32.1. The number of aliphatic hydroxyl groups is 2. The van der Waals surface area contributed by atoms with Crippen LogP contribution < -0.4 is 64.6 Å². The molecule has 566 valence electrons. The quantitative estimate of drug-likeness (QED) is 0.0253. The Balaban J connectivity index is 1.78. The first-order valence-corrected chi connectivity index (χ1v) is 33.9. The van der Waals surface area contributed by atoms with Crippen molar-refractivity contribution in [3.63, 3.8) is 0 Å². The molecule has 3 aliphatic rings. The van der Waals surface area contributed by atoms with Crippen molar-refractivity contribution in [1.29, 1.82) is 0 Å². The largest absolute Gasteiger partial charge is 0.481 e. The number of nitrogens with one attached hydrogen (secondary N) is 10. The highest BCUT2D eigenvalue weighted by molar-refractivity contribution is 7.80. The van der Waals surface area contributed by atoms with E-state index in [4.69, 9.17) is 11.5 Å². The Bertz CT molecular complexity index is 3070. The molecule has 39 nitrogen and oxygen atoms in total. The van der Waals surface area contributed by atoms with Crippen molar-refractivity contribution in [2.75, 3.05) is 37.7 Å². The molecule has 3 fully saturated rings. The number of nitrogens with zero attached hydrogens (tertiary/aromatic N) is 3. The van der Waals surface area contributed by atoms with Gasteiger partial charge >= 0.3 is 23.9 Å². The van der Waals surface area contributed by atoms with Crippen LogP contribution in [-0.4, -0.2) is 280 Å². The average Bonchev–Trinajstić information content (AvgIpc) is 1.76. The first-order chi connectivity index (χ1) is 47.3. The fraction of sp³-hybridized carbons (Fsp3) is 0.700. The van der Waals surface area contributed by atoms with E-state index in [9.17, 15) is 117 Å². The molecule has 0 radical (unpaired) electrons. The average molecular weight is 1470 g/mol. The smallest absolute Gasteiger partial charge is 0.328 e. The second-order valence-electron chi connectivity index (χ2n) is 25.4. The summed E-state index contributed by atoms with van der Waals surface area (Å²) in [4.78, 5) is 241. The van der Waals surface area contributed by atoms with Gasteiger partial charge in [0.05, 0.1) is 31.6 Å². The maximum Gasteiger partial charge on any atom is 0.328 e. The summed E-state index contributed by atoms with van der Waals surface area (Å²) in [7, 11) is 0. The standard InChI is InChI=1S/C60H95N15O24S2/c1-26(2)20-32(49(87)68-35(24-100)51(89)64-30(13-15-42(80)81)48(86)65-31(14-16-43(82)83)57(95)73-17-8-11-38(73)55(93)72-47(29(6)77)60(98)99)66-52(90)36(25-101)69-56(94)46(28(5)76)71-54(92)39-12-9-19-75(39)59(97)45(27(3)4)70-50(88)33(21-40(62)78)67-53(91)37-10-7-18-74(37)58(96)34(22-44(84)85)63-41(79)23-61/h26-39,45-47,76-77,100-101H,7-25,61H2,1-6H3,(H2,62,78)(H,63,79)(H,64,89)(H,65,86)(H,66,90)(H,67,91)(H,68,87)(H,69,94)(H,70,88)(H,71,92)(H,72,93)(H,80,81)(H,82,83)(H,84,85)(H,98,99)/t28-,29-,30+,31+,32+,33+,34+,35+,36+,37+,38+,39+,45+,46+,47+/m1/s1. The van der Waals surface area contributed by atoms with Crippen LogP contribution in [0.25, 0.3) is 0 Å². The molecular weight excluding hydrogens is 1380 g/mol. The van der Waals surface area contributed by atoms with Gasteiger partial charge in [-0.1, -0.05) is 27.7 Å². The van der Waals surface area contributed by atoms with Gasteiger partial charge in [-0.2, -0.15) is 25.3 Å². The van der Waals surface area contributed by atoms with Gasteiger partial charge in [-0.15, -0.1) is 0 Å². The number of primary amides is 1. The number of aliphatic carboxylic acids is 4. The number of hydrogen-bond acceptors (Lipinski definition) is 23. The Morgan fingerprint density at radius 2 is 0.812 bits per heavy atom. The maximum absolute atomic E-state index is 14.4. The molecule has 0 aromatic carbocycles. The lowest BCUT2D eigenvalue weighted by Crippen LogP contribution is -2.62. The predicted octanol–water partition coefficient (Wildman–Crippen LogP) is -7.75. The van der Waals surface area contributed by atoms with Gasteiger partial charge in [0.1, 0.15) is 72.5 Å². The monoisotopic (exact) mass is 1470 g/mol. The first-order valence-electron chi connectivity index (χ1n) is 32.7. The van der Waals surface area contributed by atoms with Gasteiger partial charge in [0.25, 0.3) is 0 Å². The third-order valence-corrected chi connectivity index (χ3v) is 17.3. The molecule has 20 N–H and O–H groups in total. The minimum Gasteiger partial charge on any atom is -0.481 e. The molecule has 101 heavy (non-hydrogen) atoms. The highest BCUT2D eigenvalue weighted by Crippen LogP contribution is 2.24. The molecule has 0 spiro atoms. The molecule has 3 rings (SSSR count). The van der Waals surface area contributed by atoms with Crippen molar-refractivity contribution in [3.8, 4) is 0 Å². The zero-order valence-corrected chi connectivity index (χ0v) is 58.5. The molecular formula is C60H95N15O24S2. The summed E-state index contributed by atoms with van der Waals surface area (Å²) < 4.78 is 0. The predicted molar refractivity (Wildman–Crippen MR) is 355 cm³/mol. The summed E-state index contributed by atoms with van der Waals surface area (Å²) in [5.74, 6) is -22.2. The Hall–Kier alpha value is -8.96. The van der Waals surface area contributed by atoms with E-state index in [1.54, 1.807) is 13.8 Å². The van der Waals surface area contributed by atoms with E-state index in [0.29, 0.717) is 0 Å². The molecule has 0 saturated carbocycles. The molecule has 0 aromatic heterocycles. The van der Waals surface area contributed by atoms with Crippen LogP contribution in [0.2, 0.25) is 0 Å². The summed E-state index contributed by atoms with van der Waals surface area (Å²) in [6, 6.07) is -20.7. The minimum absolute atomic E-state index is 0.00173. The summed E-state index contributed by atoms with van der Waals surface area (Å²) in [6.07, 6.45) is -7.08. The lowest BCUT2D eigenvalue weighted by atomic mass is 10.0. The van der Waals surface area contributed by atoms with Crippen molar-refractivity contribution in [2.24, 2.45) is 23.3 Å². The summed E-state index contributed by atoms with van der Waals surface area (Å²) in [5.41, 5.74) is 10.8. The number of thiol groups is 2. The van der Waals surface area contributed by atoms with Crippen molar-refractivity contribution in [1.82, 2.24) is 67.9 Å². The Morgan fingerprint density at radius 3 is 1.23 bits per heavy atom. The Labute approximate surface area is 591 Å². The fourth-order valence-corrected chi connectivity index (χ4v) is 11.9. The molecule has 41 heteroatoms. The van der Waals surface area contributed by atoms with Crippen molar-refractivity contribution >= 4 is 132 Å². The third kappa shape index (κ3) is 26.5. The van der Waals surface area contributed by atoms with E-state index in [1.165, 1.54) is 13.8 Å². The van der Waals surface area contributed by atoms with Crippen LogP contribution in [0.5, 0.6) is 0 Å². The van der Waals surface area contributed by atoms with Gasteiger partial charge in [-0.05, 0) is 83.5 Å². The van der Waals surface area contributed by atoms with Crippen LogP contribution >= 0.6 is 25.3 Å². The van der Waals surface area contributed by atoms with Gasteiger partial charge < -0.3 is 110 Å². The normalized spacial score (nSPS) is 19.3. The van der Waals surface area contributed by atoms with Crippen LogP contribution in [0, 0.1) is 11.8 Å². The van der Waals surface area contributed by atoms with Crippen molar-refractivity contribution < 1.29 is 117 Å². The van der Waals surface area contributed by atoms with Gasteiger partial charge in [-0.25, -0.2) is 4.79 Å². The zero-order valence-electron chi connectivity index (χ0n) is 56.7. The fourth-order valence-electron chi connectivity index (χ4n) is 11.4. The second-order valence-corrected chi connectivity index (χ2v) is 26.1. The number of rotatable bonds is 41. The molecule has 3 aliphatic heterocycles. The van der Waals surface area contributed by atoms with E-state index >= 15 is 0 Å². The van der Waals surface area contributed by atoms with Crippen LogP contribution in [0.1, 0.15) is 125 Å². The Kier molecular flexibility index (Phi) is 35.1. The van der Waals surface area contributed by atoms with Crippen LogP contribution in [0.4, 0.5) is 0 Å². The van der Waals surface area contributed by atoms with Gasteiger partial charge in [0.15, 0.2) is 6.04 Å². The van der Waals surface area contributed by atoms with E-state index in [-0.39, 0.29) is 70.5 Å². The van der Waals surface area contributed by atoms with Gasteiger partial charge in [0.2, 0.25) is 82.7 Å². The SMILES string of the molecule is CC(C)C[C@H](NC(=O)[C@H](CS)NC(=O)[C@@H](NC(=O)[C@@H]1CCCN1C(=O)[C@@H](NC(=O)[C@H](CC(N)=O)NC(=O)[C@@H]1CCCN1C(=O)[C@H](CC(=O)O)NC(=O)CN)C(C)C)[C@@H](C)O)C(=O)N[C@@H](CS)C(=O)N[C@@H](CCC(=O)O)C(=O)N[C@@H](CCC(=O)O)C(=O)N1CCC[C@H]1C(=O)N[C@H](C(=O)O)[C@@H](C)O. The lowest BCUT2D eigenvalue weighted by molar-refractivity contribution is -0.147. The number of hydrogen-bond donors (Lipinski definition) is 20. The number of amides is 14. The van der Waals surface area contributed by atoms with E-state index < -0.39 is 260 Å². The molecule has 14 amide bonds. The zero-order chi connectivity index (χ0) is 76.4. The number of carbonyl (C=O) groups is 18. The second kappa shape index (κ2) is 41.1. The van der Waals surface area contributed by atoms with E-state index in [2.05, 4.69) is 78.4 Å². The molecule has 3 heterocycles. The molecule has 0 unspecified atom stereocenters. The molecule has 0 bridgehead atoms. The molecule has 3 saturated heterocycles. The topological polar surface area (TPSA) is 611 Å². The van der Waals surface area contributed by atoms with Crippen LogP contribution in [0.15, 0.2) is 0 Å². The summed E-state index contributed by atoms with van der Waals surface area (Å²) >= 11 is 8.39. The minimum atomic E-state index is -1.83. The number of aliphatic hydroxyl groups excluding tert-OH is 2. The van der Waals surface area contributed by atoms with Crippen molar-refractivity contribution in [2.45, 2.75) is 216 Å². The molecule has 15 atom stereocenters. The number of carboxylic acids is 4. The Morgan fingerprint density at radius 1 is 0.426 bits per heavy atom. The first kappa shape index (κ1) is 86.3. The van der Waals surface area contributed by atoms with Gasteiger partial charge in [0, 0.05) is 44.0 Å². The number of nitrogens with two attached hydrogens (primary N) is 2. The van der Waals surface area contributed by atoms with Crippen LogP contribution in [-0.2, 0) is 86.3 Å². The number of likely N-dealkylation sites (tertiary alicyclic amines) is 3. The molecule has 0 aliphatic carbocycles. The number of carbonyl (C=O) groups excluding carboxylic acids is 14. The van der Waals surface area contributed by atoms with E-state index in [1.807, 2.05) is 0 Å². The van der Waals surface area contributed by atoms with Crippen molar-refractivity contribution in [3.05, 3.63) is 0 Å². The van der Waals surface area contributed by atoms with E-state index in [0.717, 1.165) is 28.5 Å².